The predicted molar refractivity (Wildman–Crippen MR) is 152 cm³/mol. The minimum absolute atomic E-state index is 0.0579. The smallest absolute Gasteiger partial charge is 0.274 e. The van der Waals surface area contributed by atoms with E-state index in [9.17, 15) is 9.18 Å². The number of anilines is 2. The number of hydrogen-bond acceptors (Lipinski definition) is 8. The number of aromatic nitrogens is 4. The van der Waals surface area contributed by atoms with Crippen molar-refractivity contribution >= 4 is 28.3 Å². The maximum absolute atomic E-state index is 14.7. The number of ether oxygens (including phenoxy) is 2. The van der Waals surface area contributed by atoms with Gasteiger partial charge in [0.15, 0.2) is 5.82 Å². The fraction of sp³-hybridized carbons (Fsp3) is 0.379. The number of nitrogens with zero attached hydrogens (tertiary/aromatic N) is 5. The Morgan fingerprint density at radius 3 is 2.80 bits per heavy atom. The normalized spacial score (nSPS) is 15.9. The van der Waals surface area contributed by atoms with Gasteiger partial charge in [0.1, 0.15) is 28.6 Å². The summed E-state index contributed by atoms with van der Waals surface area (Å²) in [7, 11) is 3.12. The molecule has 2 aromatic carbocycles. The van der Waals surface area contributed by atoms with E-state index in [1.54, 1.807) is 13.2 Å². The van der Waals surface area contributed by atoms with Gasteiger partial charge in [-0.1, -0.05) is 6.07 Å². The van der Waals surface area contributed by atoms with E-state index >= 15 is 0 Å². The molecule has 0 saturated carbocycles. The number of halogens is 1. The van der Waals surface area contributed by atoms with Crippen LogP contribution in [0.2, 0.25) is 0 Å². The average Bonchev–Trinajstić information content (AvgIpc) is 3.56. The zero-order chi connectivity index (χ0) is 28.4. The minimum atomic E-state index is -0.542. The summed E-state index contributed by atoms with van der Waals surface area (Å²) < 4.78 is 27.6. The minimum Gasteiger partial charge on any atom is -0.496 e. The highest BCUT2D eigenvalue weighted by Gasteiger charge is 2.30. The van der Waals surface area contributed by atoms with Crippen LogP contribution in [0.15, 0.2) is 42.6 Å². The molecule has 3 heterocycles. The first-order valence-corrected chi connectivity index (χ1v) is 13.3. The van der Waals surface area contributed by atoms with Crippen molar-refractivity contribution in [3.8, 4) is 17.1 Å². The molecule has 3 N–H and O–H groups in total. The number of carbonyl (C=O) groups excluding carboxylic acids is 1. The van der Waals surface area contributed by atoms with Gasteiger partial charge in [0.2, 0.25) is 0 Å². The molecule has 11 heteroatoms. The van der Waals surface area contributed by atoms with Gasteiger partial charge in [-0.3, -0.25) is 4.79 Å². The van der Waals surface area contributed by atoms with Crippen LogP contribution in [0, 0.1) is 12.7 Å². The number of hydrogen-bond donors (Lipinski definition) is 2. The quantitative estimate of drug-likeness (QED) is 0.318. The lowest BCUT2D eigenvalue weighted by molar-refractivity contribution is 0.102. The molecule has 1 fully saturated rings. The van der Waals surface area contributed by atoms with Gasteiger partial charge in [0.05, 0.1) is 42.2 Å². The molecular formula is C29H34FN7O3. The topological polar surface area (TPSA) is 120 Å². The fourth-order valence-electron chi connectivity index (χ4n) is 5.59. The van der Waals surface area contributed by atoms with Crippen LogP contribution in [0.5, 0.6) is 5.75 Å². The number of carbonyl (C=O) groups is 1. The lowest BCUT2D eigenvalue weighted by Gasteiger charge is -2.28. The van der Waals surface area contributed by atoms with Gasteiger partial charge >= 0.3 is 0 Å². The third kappa shape index (κ3) is 4.98. The van der Waals surface area contributed by atoms with Crippen LogP contribution in [0.3, 0.4) is 0 Å². The molecule has 1 saturated heterocycles. The Morgan fingerprint density at radius 1 is 1.23 bits per heavy atom. The molecule has 10 nitrogen and oxygen atoms in total. The van der Waals surface area contributed by atoms with Gasteiger partial charge in [-0.2, -0.15) is 0 Å². The maximum Gasteiger partial charge on any atom is 0.274 e. The van der Waals surface area contributed by atoms with Gasteiger partial charge < -0.3 is 30.0 Å². The second kappa shape index (κ2) is 11.6. The number of rotatable bonds is 9. The monoisotopic (exact) mass is 547 g/mol. The largest absolute Gasteiger partial charge is 0.496 e. The Bertz CT molecular complexity index is 1540. The van der Waals surface area contributed by atoms with E-state index < -0.39 is 11.7 Å². The van der Waals surface area contributed by atoms with Crippen LogP contribution in [0.25, 0.3) is 22.4 Å². The molecule has 4 aromatic rings. The zero-order valence-corrected chi connectivity index (χ0v) is 23.1. The molecule has 0 spiro atoms. The standard InChI is InChI=1S/C29H34FN7O3/c1-17(16-39-3)37-18(2)33-26-23(37)11-10-21(27(26)36-14-6-7-19(36)15-31)35-29(38)22-12-13-32-28(34-22)25-20(30)8-5-9-24(25)40-4/h5,8-13,17,19H,6-7,14-16,31H2,1-4H3,(H,35,38). The Balaban J connectivity index is 1.57. The van der Waals surface area contributed by atoms with Gasteiger partial charge in [0.25, 0.3) is 5.91 Å². The summed E-state index contributed by atoms with van der Waals surface area (Å²) in [6.07, 6.45) is 3.38. The molecule has 0 bridgehead atoms. The Kier molecular flexibility index (Phi) is 7.95. The highest BCUT2D eigenvalue weighted by molar-refractivity contribution is 6.08. The fourth-order valence-corrected chi connectivity index (χ4v) is 5.59. The molecule has 1 aliphatic rings. The third-order valence-corrected chi connectivity index (χ3v) is 7.35. The predicted octanol–water partition coefficient (Wildman–Crippen LogP) is 4.34. The molecular weight excluding hydrogens is 513 g/mol. The van der Waals surface area contributed by atoms with Gasteiger partial charge in [-0.05, 0) is 57.0 Å². The molecule has 0 aliphatic carbocycles. The number of fused-ring (bicyclic) bond motifs is 1. The molecule has 0 radical (unpaired) electrons. The number of methoxy groups -OCH3 is 2. The Morgan fingerprint density at radius 2 is 2.05 bits per heavy atom. The molecule has 2 aromatic heterocycles. The highest BCUT2D eigenvalue weighted by Crippen LogP contribution is 2.39. The number of benzene rings is 2. The van der Waals surface area contributed by atoms with Crippen molar-refractivity contribution in [2.24, 2.45) is 5.73 Å². The van der Waals surface area contributed by atoms with E-state index in [1.165, 1.54) is 31.5 Å². The first-order chi connectivity index (χ1) is 19.4. The van der Waals surface area contributed by atoms with Gasteiger partial charge in [0, 0.05) is 32.4 Å². The van der Waals surface area contributed by atoms with Crippen molar-refractivity contribution in [3.63, 3.8) is 0 Å². The van der Waals surface area contributed by atoms with Crippen molar-refractivity contribution in [2.45, 2.75) is 38.8 Å². The molecule has 210 valence electrons. The summed E-state index contributed by atoms with van der Waals surface area (Å²) in [6.45, 7) is 5.89. The summed E-state index contributed by atoms with van der Waals surface area (Å²) >= 11 is 0. The third-order valence-electron chi connectivity index (χ3n) is 7.35. The molecule has 1 amide bonds. The lowest BCUT2D eigenvalue weighted by atomic mass is 10.1. The molecule has 2 unspecified atom stereocenters. The number of nitrogens with one attached hydrogen (secondary N) is 1. The van der Waals surface area contributed by atoms with Crippen LogP contribution in [0.1, 0.15) is 42.1 Å². The number of nitrogens with two attached hydrogens (primary N) is 1. The van der Waals surface area contributed by atoms with Crippen LogP contribution in [0.4, 0.5) is 15.8 Å². The van der Waals surface area contributed by atoms with Crippen molar-refractivity contribution in [1.29, 1.82) is 0 Å². The van der Waals surface area contributed by atoms with Crippen LogP contribution < -0.4 is 20.7 Å². The second-order valence-corrected chi connectivity index (χ2v) is 9.92. The zero-order valence-electron chi connectivity index (χ0n) is 23.1. The number of amides is 1. The second-order valence-electron chi connectivity index (χ2n) is 9.92. The van der Waals surface area contributed by atoms with E-state index in [0.717, 1.165) is 41.9 Å². The molecule has 1 aliphatic heterocycles. The van der Waals surface area contributed by atoms with E-state index in [2.05, 4.69) is 31.7 Å². The van der Waals surface area contributed by atoms with Gasteiger partial charge in [-0.25, -0.2) is 19.3 Å². The first kappa shape index (κ1) is 27.5. The molecule has 5 rings (SSSR count). The lowest BCUT2D eigenvalue weighted by Crippen LogP contribution is -2.36. The van der Waals surface area contributed by atoms with E-state index in [1.807, 2.05) is 19.1 Å². The van der Waals surface area contributed by atoms with Crippen molar-refractivity contribution in [3.05, 3.63) is 59.9 Å². The number of imidazole rings is 1. The van der Waals surface area contributed by atoms with E-state index in [4.69, 9.17) is 20.2 Å². The van der Waals surface area contributed by atoms with Crippen molar-refractivity contribution < 1.29 is 18.7 Å². The van der Waals surface area contributed by atoms with Crippen LogP contribution >= 0.6 is 0 Å². The summed E-state index contributed by atoms with van der Waals surface area (Å²) in [5.41, 5.74) is 9.51. The Hall–Kier alpha value is -4.09. The van der Waals surface area contributed by atoms with Crippen molar-refractivity contribution in [2.75, 3.05) is 44.1 Å². The molecule has 2 atom stereocenters. The Labute approximate surface area is 232 Å². The highest BCUT2D eigenvalue weighted by atomic mass is 19.1. The van der Waals surface area contributed by atoms with Gasteiger partial charge in [-0.15, -0.1) is 0 Å². The number of aryl methyl sites for hydroxylation is 1. The van der Waals surface area contributed by atoms with E-state index in [-0.39, 0.29) is 34.9 Å². The van der Waals surface area contributed by atoms with Crippen LogP contribution in [-0.4, -0.2) is 65.4 Å². The summed E-state index contributed by atoms with van der Waals surface area (Å²) in [4.78, 5) is 29.3. The van der Waals surface area contributed by atoms with Crippen LogP contribution in [-0.2, 0) is 4.74 Å². The van der Waals surface area contributed by atoms with E-state index in [0.29, 0.717) is 18.8 Å². The SMILES string of the molecule is COCC(C)n1c(C)nc2c(N3CCCC3CN)c(NC(=O)c3ccnc(-c4c(F)cccc4OC)n3)ccc21. The summed E-state index contributed by atoms with van der Waals surface area (Å²) in [6, 6.07) is 10.0. The average molecular weight is 548 g/mol. The maximum atomic E-state index is 14.7. The molecule has 40 heavy (non-hydrogen) atoms. The first-order valence-electron chi connectivity index (χ1n) is 13.3. The van der Waals surface area contributed by atoms with Crippen molar-refractivity contribution in [1.82, 2.24) is 19.5 Å². The summed E-state index contributed by atoms with van der Waals surface area (Å²) in [5.74, 6) is 0.197. The summed E-state index contributed by atoms with van der Waals surface area (Å²) in [5, 5.41) is 3.03.